The third-order valence-corrected chi connectivity index (χ3v) is 2.97. The Bertz CT molecular complexity index is 693. The number of carbonyl (C=O) groups is 2. The Kier molecular flexibility index (Phi) is 2.94. The van der Waals surface area contributed by atoms with Gasteiger partial charge in [-0.2, -0.15) is 4.68 Å². The molecule has 0 atom stereocenters. The predicted octanol–water partition coefficient (Wildman–Crippen LogP) is 0.939. The number of benzene rings is 1. The number of hydrogen-bond acceptors (Lipinski definition) is 5. The van der Waals surface area contributed by atoms with Gasteiger partial charge in [-0.3, -0.25) is 4.79 Å². The van der Waals surface area contributed by atoms with Crippen molar-refractivity contribution >= 4 is 17.7 Å². The van der Waals surface area contributed by atoms with E-state index in [4.69, 9.17) is 4.74 Å². The van der Waals surface area contributed by atoms with E-state index in [9.17, 15) is 9.59 Å². The largest absolute Gasteiger partial charge is 0.461 e. The van der Waals surface area contributed by atoms with Crippen LogP contribution in [0.15, 0.2) is 24.3 Å². The lowest BCUT2D eigenvalue weighted by molar-refractivity contribution is -0.115. The topological polar surface area (TPSA) is 86.1 Å². The third kappa shape index (κ3) is 1.93. The zero-order valence-electron chi connectivity index (χ0n) is 10.8. The molecule has 20 heavy (non-hydrogen) atoms. The maximum Gasteiger partial charge on any atom is 0.362 e. The second-order valence-electron chi connectivity index (χ2n) is 4.27. The first-order chi connectivity index (χ1) is 9.70. The van der Waals surface area contributed by atoms with E-state index in [1.807, 2.05) is 24.3 Å². The molecule has 1 aliphatic rings. The molecule has 3 rings (SSSR count). The van der Waals surface area contributed by atoms with E-state index >= 15 is 0 Å². The van der Waals surface area contributed by atoms with Crippen molar-refractivity contribution in [3.63, 3.8) is 0 Å². The molecule has 0 saturated carbocycles. The Morgan fingerprint density at radius 2 is 2.25 bits per heavy atom. The number of carbonyl (C=O) groups excluding carboxylic acids is 2. The Morgan fingerprint density at radius 1 is 1.45 bits per heavy atom. The molecule has 2 heterocycles. The average Bonchev–Trinajstić information content (AvgIpc) is 2.77. The van der Waals surface area contributed by atoms with E-state index in [1.54, 1.807) is 6.92 Å². The number of aromatic nitrogens is 3. The van der Waals surface area contributed by atoms with Gasteiger partial charge in [0, 0.05) is 0 Å². The SMILES string of the molecule is CCOC(=O)c1nnn2c1NC(=O)Cc1ccccc1-2. The summed E-state index contributed by atoms with van der Waals surface area (Å²) in [5.74, 6) is -0.573. The van der Waals surface area contributed by atoms with Crippen molar-refractivity contribution in [2.45, 2.75) is 13.3 Å². The van der Waals surface area contributed by atoms with Crippen molar-refractivity contribution in [2.75, 3.05) is 11.9 Å². The molecule has 0 unspecified atom stereocenters. The normalized spacial score (nSPS) is 12.9. The molecule has 7 heteroatoms. The van der Waals surface area contributed by atoms with Gasteiger partial charge in [0.1, 0.15) is 0 Å². The number of esters is 1. The first-order valence-corrected chi connectivity index (χ1v) is 6.21. The Balaban J connectivity index is 2.15. The molecule has 1 amide bonds. The number of amides is 1. The molecule has 1 aliphatic heterocycles. The highest BCUT2D eigenvalue weighted by molar-refractivity contribution is 6.00. The van der Waals surface area contributed by atoms with Gasteiger partial charge < -0.3 is 10.1 Å². The van der Waals surface area contributed by atoms with E-state index in [1.165, 1.54) is 4.68 Å². The fourth-order valence-electron chi connectivity index (χ4n) is 2.12. The van der Waals surface area contributed by atoms with Crippen molar-refractivity contribution in [3.8, 4) is 5.69 Å². The summed E-state index contributed by atoms with van der Waals surface area (Å²) in [7, 11) is 0. The lowest BCUT2D eigenvalue weighted by atomic mass is 10.1. The summed E-state index contributed by atoms with van der Waals surface area (Å²) in [5, 5.41) is 10.4. The van der Waals surface area contributed by atoms with Crippen LogP contribution in [0, 0.1) is 0 Å². The number of ether oxygens (including phenoxy) is 1. The van der Waals surface area contributed by atoms with Gasteiger partial charge in [0.05, 0.1) is 18.7 Å². The number of nitrogens with zero attached hydrogens (tertiary/aromatic N) is 3. The molecule has 0 aliphatic carbocycles. The summed E-state index contributed by atoms with van der Waals surface area (Å²) >= 11 is 0. The van der Waals surface area contributed by atoms with Crippen LogP contribution in [0.1, 0.15) is 23.0 Å². The van der Waals surface area contributed by atoms with Crippen molar-refractivity contribution in [1.29, 1.82) is 0 Å². The zero-order valence-corrected chi connectivity index (χ0v) is 10.8. The summed E-state index contributed by atoms with van der Waals surface area (Å²) in [5.41, 5.74) is 1.56. The van der Waals surface area contributed by atoms with E-state index in [2.05, 4.69) is 15.6 Å². The van der Waals surface area contributed by atoms with Crippen LogP contribution in [0.2, 0.25) is 0 Å². The summed E-state index contributed by atoms with van der Waals surface area (Å²) < 4.78 is 6.36. The minimum absolute atomic E-state index is 0.0110. The second kappa shape index (κ2) is 4.76. The Morgan fingerprint density at radius 3 is 3.05 bits per heavy atom. The van der Waals surface area contributed by atoms with Gasteiger partial charge in [-0.25, -0.2) is 4.79 Å². The van der Waals surface area contributed by atoms with Crippen LogP contribution >= 0.6 is 0 Å². The molecule has 102 valence electrons. The summed E-state index contributed by atoms with van der Waals surface area (Å²) in [6.07, 6.45) is 0.224. The van der Waals surface area contributed by atoms with Gasteiger partial charge in [-0.05, 0) is 18.6 Å². The smallest absolute Gasteiger partial charge is 0.362 e. The number of rotatable bonds is 2. The number of para-hydroxylation sites is 1. The molecule has 2 aromatic rings. The fourth-order valence-corrected chi connectivity index (χ4v) is 2.12. The minimum atomic E-state index is -0.603. The molecule has 1 aromatic heterocycles. The number of anilines is 1. The molecule has 1 aromatic carbocycles. The highest BCUT2D eigenvalue weighted by atomic mass is 16.5. The molecule has 0 saturated heterocycles. The third-order valence-electron chi connectivity index (χ3n) is 2.97. The van der Waals surface area contributed by atoms with Crippen LogP contribution in [-0.2, 0) is 16.0 Å². The van der Waals surface area contributed by atoms with Gasteiger partial charge in [0.25, 0.3) is 0 Å². The van der Waals surface area contributed by atoms with Crippen molar-refractivity contribution in [1.82, 2.24) is 15.0 Å². The quantitative estimate of drug-likeness (QED) is 0.822. The van der Waals surface area contributed by atoms with E-state index < -0.39 is 5.97 Å². The lowest BCUT2D eigenvalue weighted by Gasteiger charge is -2.05. The molecule has 7 nitrogen and oxygen atoms in total. The fraction of sp³-hybridized carbons (Fsp3) is 0.231. The maximum absolute atomic E-state index is 11.9. The highest BCUT2D eigenvalue weighted by Crippen LogP contribution is 2.25. The molecular weight excluding hydrogens is 260 g/mol. The Hall–Kier alpha value is -2.70. The van der Waals surface area contributed by atoms with Gasteiger partial charge in [0.15, 0.2) is 5.82 Å². The Labute approximate surface area is 114 Å². The summed E-state index contributed by atoms with van der Waals surface area (Å²) in [6, 6.07) is 7.35. The molecule has 0 radical (unpaired) electrons. The van der Waals surface area contributed by atoms with Crippen molar-refractivity contribution < 1.29 is 14.3 Å². The van der Waals surface area contributed by atoms with Gasteiger partial charge in [-0.15, -0.1) is 5.10 Å². The molecule has 1 N–H and O–H groups in total. The monoisotopic (exact) mass is 272 g/mol. The van der Waals surface area contributed by atoms with E-state index in [-0.39, 0.29) is 30.4 Å². The van der Waals surface area contributed by atoms with Gasteiger partial charge in [-0.1, -0.05) is 23.4 Å². The first kappa shape index (κ1) is 12.3. The first-order valence-electron chi connectivity index (χ1n) is 6.21. The molecule has 0 spiro atoms. The van der Waals surface area contributed by atoms with Gasteiger partial charge in [0.2, 0.25) is 11.6 Å². The van der Waals surface area contributed by atoms with Crippen molar-refractivity contribution in [2.24, 2.45) is 0 Å². The average molecular weight is 272 g/mol. The maximum atomic E-state index is 11.9. The minimum Gasteiger partial charge on any atom is -0.461 e. The van der Waals surface area contributed by atoms with Crippen LogP contribution < -0.4 is 5.32 Å². The molecule has 0 bridgehead atoms. The number of hydrogen-bond donors (Lipinski definition) is 1. The molecule has 0 fully saturated rings. The summed E-state index contributed by atoms with van der Waals surface area (Å²) in [4.78, 5) is 23.7. The van der Waals surface area contributed by atoms with Crippen LogP contribution in [-0.4, -0.2) is 33.5 Å². The summed E-state index contributed by atoms with van der Waals surface area (Å²) in [6.45, 7) is 1.93. The number of fused-ring (bicyclic) bond motifs is 3. The second-order valence-corrected chi connectivity index (χ2v) is 4.27. The number of nitrogens with one attached hydrogen (secondary N) is 1. The van der Waals surface area contributed by atoms with E-state index in [0.717, 1.165) is 11.3 Å². The standard InChI is InChI=1S/C13H12N4O3/c1-2-20-13(19)11-12-14-10(18)7-8-5-3-4-6-9(8)17(12)16-15-11/h3-6H,2,7H2,1H3,(H,14,18). The van der Waals surface area contributed by atoms with Crippen LogP contribution in [0.5, 0.6) is 0 Å². The predicted molar refractivity (Wildman–Crippen MR) is 69.6 cm³/mol. The highest BCUT2D eigenvalue weighted by Gasteiger charge is 2.27. The zero-order chi connectivity index (χ0) is 14.1. The van der Waals surface area contributed by atoms with Crippen LogP contribution in [0.25, 0.3) is 5.69 Å². The van der Waals surface area contributed by atoms with Crippen LogP contribution in [0.4, 0.5) is 5.82 Å². The lowest BCUT2D eigenvalue weighted by Crippen LogP contribution is -2.16. The van der Waals surface area contributed by atoms with E-state index in [0.29, 0.717) is 0 Å². The molecular formula is C13H12N4O3. The van der Waals surface area contributed by atoms with Crippen LogP contribution in [0.3, 0.4) is 0 Å². The van der Waals surface area contributed by atoms with Gasteiger partial charge >= 0.3 is 5.97 Å². The van der Waals surface area contributed by atoms with Crippen molar-refractivity contribution in [3.05, 3.63) is 35.5 Å².